The number of aromatic nitrogens is 3. The van der Waals surface area contributed by atoms with Gasteiger partial charge in [-0.25, -0.2) is 0 Å². The molecular weight excluding hydrogens is 274 g/mol. The van der Waals surface area contributed by atoms with E-state index in [-0.39, 0.29) is 0 Å². The smallest absolute Gasteiger partial charge is 0.120 e. The lowest BCUT2D eigenvalue weighted by molar-refractivity contribution is 0.447. The third kappa shape index (κ3) is 2.44. The zero-order chi connectivity index (χ0) is 15.7. The minimum absolute atomic E-state index is 0.370. The molecule has 0 amide bonds. The van der Waals surface area contributed by atoms with E-state index >= 15 is 0 Å². The monoisotopic (exact) mass is 297 g/mol. The highest BCUT2D eigenvalue weighted by Gasteiger charge is 2.23. The van der Waals surface area contributed by atoms with Crippen molar-refractivity contribution in [3.05, 3.63) is 40.5 Å². The SMILES string of the molecule is CCn1ncc2c1CCC[C@@H]2NCc1cc(C#N)n(C)c1C. The fourth-order valence-electron chi connectivity index (χ4n) is 3.39. The lowest BCUT2D eigenvalue weighted by Crippen LogP contribution is -2.25. The Morgan fingerprint density at radius 2 is 2.32 bits per heavy atom. The van der Waals surface area contributed by atoms with Gasteiger partial charge in [0.15, 0.2) is 0 Å². The molecule has 3 rings (SSSR count). The van der Waals surface area contributed by atoms with E-state index in [4.69, 9.17) is 5.26 Å². The molecule has 22 heavy (non-hydrogen) atoms. The van der Waals surface area contributed by atoms with E-state index in [9.17, 15) is 0 Å². The Balaban J connectivity index is 1.76. The first-order valence-corrected chi connectivity index (χ1v) is 7.99. The van der Waals surface area contributed by atoms with E-state index in [1.807, 2.05) is 23.9 Å². The molecular formula is C17H23N5. The van der Waals surface area contributed by atoms with Gasteiger partial charge in [0.2, 0.25) is 0 Å². The van der Waals surface area contributed by atoms with Crippen molar-refractivity contribution in [2.24, 2.45) is 7.05 Å². The Morgan fingerprint density at radius 3 is 3.00 bits per heavy atom. The first-order valence-electron chi connectivity index (χ1n) is 7.99. The Morgan fingerprint density at radius 1 is 1.50 bits per heavy atom. The number of fused-ring (bicyclic) bond motifs is 1. The molecule has 116 valence electrons. The van der Waals surface area contributed by atoms with Gasteiger partial charge in [-0.3, -0.25) is 4.68 Å². The third-order valence-corrected chi connectivity index (χ3v) is 4.86. The second kappa shape index (κ2) is 5.98. The molecule has 1 atom stereocenters. The summed E-state index contributed by atoms with van der Waals surface area (Å²) in [4.78, 5) is 0. The second-order valence-electron chi connectivity index (χ2n) is 6.00. The summed E-state index contributed by atoms with van der Waals surface area (Å²) in [5.41, 5.74) is 5.81. The van der Waals surface area contributed by atoms with Crippen LogP contribution in [0, 0.1) is 18.3 Å². The van der Waals surface area contributed by atoms with Crippen molar-refractivity contribution < 1.29 is 0 Å². The molecule has 1 N–H and O–H groups in total. The molecule has 2 aromatic rings. The Bertz CT molecular complexity index is 716. The van der Waals surface area contributed by atoms with Crippen molar-refractivity contribution in [3.63, 3.8) is 0 Å². The number of nitriles is 1. The van der Waals surface area contributed by atoms with Crippen molar-refractivity contribution in [1.29, 1.82) is 5.26 Å². The maximum Gasteiger partial charge on any atom is 0.120 e. The summed E-state index contributed by atoms with van der Waals surface area (Å²) in [5.74, 6) is 0. The van der Waals surface area contributed by atoms with Crippen LogP contribution in [0.5, 0.6) is 0 Å². The Labute approximate surface area is 131 Å². The number of nitrogens with one attached hydrogen (secondary N) is 1. The molecule has 0 fully saturated rings. The molecule has 0 aliphatic heterocycles. The molecule has 5 heteroatoms. The number of rotatable bonds is 4. The van der Waals surface area contributed by atoms with Crippen LogP contribution in [0.2, 0.25) is 0 Å². The van der Waals surface area contributed by atoms with Gasteiger partial charge in [0.1, 0.15) is 11.8 Å². The summed E-state index contributed by atoms with van der Waals surface area (Å²) < 4.78 is 4.07. The number of nitrogens with zero attached hydrogens (tertiary/aromatic N) is 4. The first-order chi connectivity index (χ1) is 10.7. The molecule has 0 spiro atoms. The third-order valence-electron chi connectivity index (χ3n) is 4.86. The van der Waals surface area contributed by atoms with Gasteiger partial charge in [-0.2, -0.15) is 10.4 Å². The fourth-order valence-corrected chi connectivity index (χ4v) is 3.39. The molecule has 0 unspecified atom stereocenters. The van der Waals surface area contributed by atoms with Crippen molar-refractivity contribution in [1.82, 2.24) is 19.7 Å². The zero-order valence-corrected chi connectivity index (χ0v) is 13.6. The van der Waals surface area contributed by atoms with Gasteiger partial charge in [0.05, 0.1) is 6.20 Å². The molecule has 1 aliphatic rings. The minimum Gasteiger partial charge on any atom is -0.340 e. The summed E-state index contributed by atoms with van der Waals surface area (Å²) in [5, 5.41) is 17.3. The van der Waals surface area contributed by atoms with Crippen LogP contribution >= 0.6 is 0 Å². The van der Waals surface area contributed by atoms with E-state index < -0.39 is 0 Å². The predicted octanol–water partition coefficient (Wildman–Crippen LogP) is 2.59. The van der Waals surface area contributed by atoms with Gasteiger partial charge in [0.25, 0.3) is 0 Å². The normalized spacial score (nSPS) is 17.3. The van der Waals surface area contributed by atoms with Gasteiger partial charge in [-0.1, -0.05) is 0 Å². The summed E-state index contributed by atoms with van der Waals surface area (Å²) in [6.07, 6.45) is 5.51. The van der Waals surface area contributed by atoms with Gasteiger partial charge in [-0.15, -0.1) is 0 Å². The lowest BCUT2D eigenvalue weighted by atomic mass is 9.93. The molecule has 0 aromatic carbocycles. The Kier molecular flexibility index (Phi) is 4.04. The topological polar surface area (TPSA) is 58.6 Å². The molecule has 0 saturated heterocycles. The van der Waals surface area contributed by atoms with Gasteiger partial charge < -0.3 is 9.88 Å². The highest BCUT2D eigenvalue weighted by Crippen LogP contribution is 2.30. The molecule has 1 aliphatic carbocycles. The maximum absolute atomic E-state index is 9.13. The lowest BCUT2D eigenvalue weighted by Gasteiger charge is -2.24. The van der Waals surface area contributed by atoms with E-state index in [0.29, 0.717) is 6.04 Å². The van der Waals surface area contributed by atoms with Crippen LogP contribution in [0.3, 0.4) is 0 Å². The molecule has 5 nitrogen and oxygen atoms in total. The highest BCUT2D eigenvalue weighted by molar-refractivity contribution is 5.34. The van der Waals surface area contributed by atoms with E-state index in [1.54, 1.807) is 0 Å². The minimum atomic E-state index is 0.370. The molecule has 0 saturated carbocycles. The molecule has 0 radical (unpaired) electrons. The van der Waals surface area contributed by atoms with Crippen LogP contribution in [0.25, 0.3) is 0 Å². The van der Waals surface area contributed by atoms with Crippen LogP contribution in [0.15, 0.2) is 12.3 Å². The van der Waals surface area contributed by atoms with E-state index in [2.05, 4.69) is 35.0 Å². The van der Waals surface area contributed by atoms with Crippen LogP contribution in [0.1, 0.15) is 54.0 Å². The average molecular weight is 297 g/mol. The summed E-state index contributed by atoms with van der Waals surface area (Å²) >= 11 is 0. The van der Waals surface area contributed by atoms with Gasteiger partial charge >= 0.3 is 0 Å². The molecule has 2 aromatic heterocycles. The van der Waals surface area contributed by atoms with E-state index in [0.717, 1.165) is 37.3 Å². The number of hydrogen-bond donors (Lipinski definition) is 1. The Hall–Kier alpha value is -2.06. The zero-order valence-electron chi connectivity index (χ0n) is 13.6. The van der Waals surface area contributed by atoms with Gasteiger partial charge in [0, 0.05) is 43.1 Å². The first kappa shape index (κ1) is 14.9. The summed E-state index contributed by atoms with van der Waals surface area (Å²) in [6.45, 7) is 5.94. The average Bonchev–Trinajstić information content (AvgIpc) is 3.08. The van der Waals surface area contributed by atoms with Crippen LogP contribution in [-0.4, -0.2) is 14.3 Å². The van der Waals surface area contributed by atoms with Crippen molar-refractivity contribution in [3.8, 4) is 6.07 Å². The summed E-state index contributed by atoms with van der Waals surface area (Å²) in [7, 11) is 1.95. The predicted molar refractivity (Wildman–Crippen MR) is 85.3 cm³/mol. The van der Waals surface area contributed by atoms with Gasteiger partial charge in [-0.05, 0) is 44.7 Å². The van der Waals surface area contributed by atoms with Crippen LogP contribution < -0.4 is 5.32 Å². The summed E-state index contributed by atoms with van der Waals surface area (Å²) in [6, 6.07) is 4.60. The second-order valence-corrected chi connectivity index (χ2v) is 6.00. The van der Waals surface area contributed by atoms with Crippen LogP contribution in [-0.2, 0) is 26.6 Å². The van der Waals surface area contributed by atoms with E-state index in [1.165, 1.54) is 23.2 Å². The standard InChI is InChI=1S/C17H23N5/c1-4-22-17-7-5-6-16(15(17)11-20-22)19-10-13-8-14(9-18)21(3)12(13)2/h8,11,16,19H,4-7,10H2,1-3H3/t16-/m0/s1. The fraction of sp³-hybridized carbons (Fsp3) is 0.529. The van der Waals surface area contributed by atoms with Crippen molar-refractivity contribution >= 4 is 0 Å². The van der Waals surface area contributed by atoms with Crippen molar-refractivity contribution in [2.45, 2.75) is 52.2 Å². The molecule has 2 heterocycles. The molecule has 0 bridgehead atoms. The number of hydrogen-bond acceptors (Lipinski definition) is 3. The largest absolute Gasteiger partial charge is 0.340 e. The van der Waals surface area contributed by atoms with Crippen molar-refractivity contribution in [2.75, 3.05) is 0 Å². The maximum atomic E-state index is 9.13. The highest BCUT2D eigenvalue weighted by atomic mass is 15.3. The van der Waals surface area contributed by atoms with Crippen LogP contribution in [0.4, 0.5) is 0 Å². The quantitative estimate of drug-likeness (QED) is 0.943. The number of aryl methyl sites for hydroxylation is 1.